The third kappa shape index (κ3) is 3.80. The van der Waals surface area contributed by atoms with Crippen LogP contribution in [0.15, 0.2) is 48.5 Å². The van der Waals surface area contributed by atoms with Gasteiger partial charge in [0.25, 0.3) is 0 Å². The van der Waals surface area contributed by atoms with E-state index in [0.29, 0.717) is 31.9 Å². The monoisotopic (exact) mass is 313 g/mol. The molecule has 0 atom stereocenters. The number of benzene rings is 2. The Bertz CT molecular complexity index is 655. The van der Waals surface area contributed by atoms with E-state index < -0.39 is 0 Å². The first-order valence-corrected chi connectivity index (χ1v) is 7.61. The molecule has 3 rings (SSSR count). The van der Waals surface area contributed by atoms with Crippen LogP contribution in [0, 0.1) is 11.9 Å². The highest BCUT2D eigenvalue weighted by molar-refractivity contribution is 5.68. The average Bonchev–Trinajstić information content (AvgIpc) is 2.61. The molecule has 1 aliphatic heterocycles. The summed E-state index contributed by atoms with van der Waals surface area (Å²) in [5, 5.41) is 0. The molecule has 0 spiro atoms. The highest BCUT2D eigenvalue weighted by atomic mass is 19.1. The zero-order valence-electron chi connectivity index (χ0n) is 12.7. The number of anilines is 1. The lowest BCUT2D eigenvalue weighted by atomic mass is 10.2. The molecule has 119 valence electrons. The number of hydrogen-bond acceptors (Lipinski definition) is 3. The molecular weight excluding hydrogens is 295 g/mol. The molecule has 5 heteroatoms. The van der Waals surface area contributed by atoms with Crippen LogP contribution in [0.3, 0.4) is 0 Å². The number of rotatable bonds is 3. The van der Waals surface area contributed by atoms with Crippen LogP contribution in [0.1, 0.15) is 5.56 Å². The molecule has 1 aliphatic rings. The molecule has 1 amide bonds. The van der Waals surface area contributed by atoms with Gasteiger partial charge in [0.05, 0.1) is 5.69 Å². The van der Waals surface area contributed by atoms with Gasteiger partial charge in [0.15, 0.2) is 0 Å². The Balaban J connectivity index is 1.50. The first-order chi connectivity index (χ1) is 11.2. The standard InChI is InChI=1S/C18H18FN2O2/c19-16-8-4-5-9-17(16)20-10-12-21(13-11-20)18(22)23-14-15-6-2-1-3-7-15/h1-8H,10-14H2. The Kier molecular flexibility index (Phi) is 4.76. The number of para-hydroxylation sites is 1. The second kappa shape index (κ2) is 7.13. The number of piperazine rings is 1. The van der Waals surface area contributed by atoms with Gasteiger partial charge in [-0.1, -0.05) is 42.5 Å². The van der Waals surface area contributed by atoms with Crippen molar-refractivity contribution in [2.24, 2.45) is 0 Å². The van der Waals surface area contributed by atoms with Crippen LogP contribution in [-0.2, 0) is 11.3 Å². The van der Waals surface area contributed by atoms with Gasteiger partial charge in [-0.25, -0.2) is 9.18 Å². The molecule has 0 unspecified atom stereocenters. The van der Waals surface area contributed by atoms with Crippen LogP contribution in [0.25, 0.3) is 0 Å². The minimum Gasteiger partial charge on any atom is -0.445 e. The molecule has 0 bridgehead atoms. The molecule has 0 aliphatic carbocycles. The molecule has 0 saturated carbocycles. The van der Waals surface area contributed by atoms with Gasteiger partial charge >= 0.3 is 6.09 Å². The van der Waals surface area contributed by atoms with E-state index in [9.17, 15) is 9.18 Å². The number of hydrogen-bond donors (Lipinski definition) is 0. The number of amides is 1. The van der Waals surface area contributed by atoms with E-state index in [2.05, 4.69) is 6.07 Å². The summed E-state index contributed by atoms with van der Waals surface area (Å²) >= 11 is 0. The Morgan fingerprint density at radius 2 is 1.83 bits per heavy atom. The van der Waals surface area contributed by atoms with Gasteiger partial charge in [-0.15, -0.1) is 0 Å². The zero-order chi connectivity index (χ0) is 16.1. The minimum absolute atomic E-state index is 0.265. The van der Waals surface area contributed by atoms with Gasteiger partial charge in [-0.05, 0) is 11.6 Å². The summed E-state index contributed by atoms with van der Waals surface area (Å²) in [5.74, 6) is -0.285. The summed E-state index contributed by atoms with van der Waals surface area (Å²) < 4.78 is 19.1. The smallest absolute Gasteiger partial charge is 0.410 e. The van der Waals surface area contributed by atoms with Gasteiger partial charge < -0.3 is 14.5 Å². The van der Waals surface area contributed by atoms with E-state index in [1.54, 1.807) is 17.0 Å². The van der Waals surface area contributed by atoms with Crippen LogP contribution in [0.5, 0.6) is 0 Å². The maximum Gasteiger partial charge on any atom is 0.410 e. The van der Waals surface area contributed by atoms with Crippen LogP contribution in [0.4, 0.5) is 14.9 Å². The van der Waals surface area contributed by atoms with Crippen LogP contribution >= 0.6 is 0 Å². The quantitative estimate of drug-likeness (QED) is 0.873. The minimum atomic E-state index is -0.328. The molecule has 2 aromatic carbocycles. The van der Waals surface area contributed by atoms with Gasteiger partial charge in [0.2, 0.25) is 0 Å². The second-order valence-electron chi connectivity index (χ2n) is 5.38. The summed E-state index contributed by atoms with van der Waals surface area (Å²) in [5.41, 5.74) is 1.42. The largest absolute Gasteiger partial charge is 0.445 e. The van der Waals surface area contributed by atoms with Crippen molar-refractivity contribution in [3.8, 4) is 0 Å². The molecule has 0 N–H and O–H groups in total. The fraction of sp³-hybridized carbons (Fsp3) is 0.278. The molecule has 1 radical (unpaired) electrons. The summed E-state index contributed by atoms with van der Waals surface area (Å²) in [6.45, 7) is 2.42. The predicted molar refractivity (Wildman–Crippen MR) is 85.6 cm³/mol. The summed E-state index contributed by atoms with van der Waals surface area (Å²) in [6, 6.07) is 17.2. The first-order valence-electron chi connectivity index (χ1n) is 7.61. The lowest BCUT2D eigenvalue weighted by molar-refractivity contribution is 0.0941. The number of nitrogens with zero attached hydrogens (tertiary/aromatic N) is 2. The van der Waals surface area contributed by atoms with Gasteiger partial charge in [0.1, 0.15) is 12.4 Å². The topological polar surface area (TPSA) is 32.8 Å². The Morgan fingerprint density at radius 3 is 2.52 bits per heavy atom. The fourth-order valence-electron chi connectivity index (χ4n) is 2.57. The van der Waals surface area contributed by atoms with Crippen molar-refractivity contribution in [3.05, 3.63) is 66.0 Å². The summed E-state index contributed by atoms with van der Waals surface area (Å²) in [6.07, 6.45) is -0.328. The Morgan fingerprint density at radius 1 is 1.09 bits per heavy atom. The SMILES string of the molecule is O=C(OCc1ccccc1)N1CCN(c2[c]cccc2F)CC1. The lowest BCUT2D eigenvalue weighted by Crippen LogP contribution is -2.49. The third-order valence-electron chi connectivity index (χ3n) is 3.84. The highest BCUT2D eigenvalue weighted by Gasteiger charge is 2.23. The Labute approximate surface area is 135 Å². The predicted octanol–water partition coefficient (Wildman–Crippen LogP) is 3.08. The Hall–Kier alpha value is -2.56. The molecule has 23 heavy (non-hydrogen) atoms. The van der Waals surface area contributed by atoms with Gasteiger partial charge in [-0.2, -0.15) is 0 Å². The molecule has 0 aromatic heterocycles. The van der Waals surface area contributed by atoms with Crippen molar-refractivity contribution in [1.29, 1.82) is 0 Å². The second-order valence-corrected chi connectivity index (χ2v) is 5.38. The van der Waals surface area contributed by atoms with E-state index in [0.717, 1.165) is 5.56 Å². The molecular formula is C18H18FN2O2. The summed E-state index contributed by atoms with van der Waals surface area (Å²) in [7, 11) is 0. The first kappa shape index (κ1) is 15.3. The van der Waals surface area contributed by atoms with E-state index in [1.165, 1.54) is 6.07 Å². The summed E-state index contributed by atoms with van der Waals surface area (Å²) in [4.78, 5) is 15.6. The molecule has 1 saturated heterocycles. The van der Waals surface area contributed by atoms with E-state index >= 15 is 0 Å². The van der Waals surface area contributed by atoms with Crippen molar-refractivity contribution < 1.29 is 13.9 Å². The van der Waals surface area contributed by atoms with E-state index in [1.807, 2.05) is 35.2 Å². The number of ether oxygens (including phenoxy) is 1. The molecule has 1 heterocycles. The van der Waals surface area contributed by atoms with Crippen LogP contribution < -0.4 is 4.90 Å². The van der Waals surface area contributed by atoms with Crippen LogP contribution in [-0.4, -0.2) is 37.2 Å². The maximum absolute atomic E-state index is 13.8. The molecule has 1 fully saturated rings. The van der Waals surface area contributed by atoms with Crippen molar-refractivity contribution in [3.63, 3.8) is 0 Å². The molecule has 4 nitrogen and oxygen atoms in total. The number of halogens is 1. The molecule has 2 aromatic rings. The number of carbonyl (C=O) groups excluding carboxylic acids is 1. The average molecular weight is 313 g/mol. The van der Waals surface area contributed by atoms with Gasteiger partial charge in [-0.3, -0.25) is 0 Å². The highest BCUT2D eigenvalue weighted by Crippen LogP contribution is 2.19. The van der Waals surface area contributed by atoms with E-state index in [-0.39, 0.29) is 18.5 Å². The fourth-order valence-corrected chi connectivity index (χ4v) is 2.57. The van der Waals surface area contributed by atoms with Crippen molar-refractivity contribution >= 4 is 11.8 Å². The van der Waals surface area contributed by atoms with E-state index in [4.69, 9.17) is 4.74 Å². The number of carbonyl (C=O) groups is 1. The normalized spacial score (nSPS) is 14.7. The van der Waals surface area contributed by atoms with Crippen molar-refractivity contribution in [2.45, 2.75) is 6.61 Å². The zero-order valence-corrected chi connectivity index (χ0v) is 12.7. The van der Waals surface area contributed by atoms with Crippen LogP contribution in [0.2, 0.25) is 0 Å². The van der Waals surface area contributed by atoms with Gasteiger partial charge in [0, 0.05) is 32.2 Å². The van der Waals surface area contributed by atoms with Crippen molar-refractivity contribution in [2.75, 3.05) is 31.1 Å². The third-order valence-corrected chi connectivity index (χ3v) is 3.84. The lowest BCUT2D eigenvalue weighted by Gasteiger charge is -2.35. The maximum atomic E-state index is 13.8. The van der Waals surface area contributed by atoms with Crippen molar-refractivity contribution in [1.82, 2.24) is 4.90 Å².